The van der Waals surface area contributed by atoms with Crippen molar-refractivity contribution in [2.75, 3.05) is 65.4 Å². The first-order chi connectivity index (χ1) is 23.2. The third-order valence-electron chi connectivity index (χ3n) is 7.68. The fourth-order valence-corrected chi connectivity index (χ4v) is 5.01. The second-order valence-corrected chi connectivity index (χ2v) is 11.6. The van der Waals surface area contributed by atoms with Gasteiger partial charge in [0.25, 0.3) is 5.91 Å². The number of aromatic nitrogens is 1. The highest BCUT2D eigenvalue weighted by Gasteiger charge is 2.12. The van der Waals surface area contributed by atoms with E-state index in [0.29, 0.717) is 25.1 Å². The first-order valence-electron chi connectivity index (χ1n) is 17.7. The number of piperazine rings is 1. The van der Waals surface area contributed by atoms with Crippen molar-refractivity contribution >= 4 is 11.8 Å². The van der Waals surface area contributed by atoms with Gasteiger partial charge in [-0.2, -0.15) is 0 Å². The summed E-state index contributed by atoms with van der Waals surface area (Å²) >= 11 is 0. The number of rotatable bonds is 25. The summed E-state index contributed by atoms with van der Waals surface area (Å²) < 4.78 is 0. The average molecular weight is 645 g/mol. The monoisotopic (exact) mass is 644 g/mol. The summed E-state index contributed by atoms with van der Waals surface area (Å²) in [5, 5.41) is 9.47. The number of nitrogens with one attached hydrogen (secondary N) is 3. The average Bonchev–Trinajstić information content (AvgIpc) is 3.10. The van der Waals surface area contributed by atoms with Crippen molar-refractivity contribution in [2.24, 2.45) is 0 Å². The van der Waals surface area contributed by atoms with Crippen LogP contribution in [0, 0.1) is 0 Å². The molecule has 1 aliphatic rings. The molecule has 258 valence electrons. The van der Waals surface area contributed by atoms with Crippen LogP contribution in [0.25, 0.3) is 0 Å². The summed E-state index contributed by atoms with van der Waals surface area (Å²) in [5.41, 5.74) is 0.567. The van der Waals surface area contributed by atoms with Crippen LogP contribution in [0.2, 0.25) is 0 Å². The Hall–Kier alpha value is -3.59. The van der Waals surface area contributed by atoms with Gasteiger partial charge in [0.1, 0.15) is 0 Å². The van der Waals surface area contributed by atoms with E-state index in [1.807, 2.05) is 0 Å². The normalized spacial score (nSPS) is 14.7. The number of nitrogens with zero attached hydrogens (tertiary/aromatic N) is 3. The first-order valence-corrected chi connectivity index (χ1v) is 17.7. The molecule has 1 fully saturated rings. The van der Waals surface area contributed by atoms with Crippen LogP contribution in [0.1, 0.15) is 75.1 Å². The van der Waals surface area contributed by atoms with Gasteiger partial charge in [-0.1, -0.05) is 79.8 Å². The third kappa shape index (κ3) is 22.6. The molecular weight excluding hydrogens is 584 g/mol. The SMILES string of the molecule is CC/C=C\C/C=C\C/C=C\C/C=C\C/C=C\C/C=C\CCC(=O)NCCN(CCCN1CCNCC1)CCNC(=O)c1cccnc1. The summed E-state index contributed by atoms with van der Waals surface area (Å²) in [4.78, 5) is 33.7. The maximum Gasteiger partial charge on any atom is 0.252 e. The van der Waals surface area contributed by atoms with Crippen LogP contribution in [0.3, 0.4) is 0 Å². The lowest BCUT2D eigenvalue weighted by Crippen LogP contribution is -2.45. The predicted octanol–water partition coefficient (Wildman–Crippen LogP) is 6.00. The first kappa shape index (κ1) is 39.6. The molecule has 2 amide bonds. The van der Waals surface area contributed by atoms with Crippen LogP contribution in [0.4, 0.5) is 0 Å². The van der Waals surface area contributed by atoms with Crippen molar-refractivity contribution in [1.29, 1.82) is 0 Å². The van der Waals surface area contributed by atoms with Crippen LogP contribution in [-0.4, -0.2) is 92.0 Å². The molecule has 0 spiro atoms. The summed E-state index contributed by atoms with van der Waals surface area (Å²) in [5.74, 6) is -0.0308. The molecule has 0 saturated carbocycles. The van der Waals surface area contributed by atoms with Crippen molar-refractivity contribution < 1.29 is 9.59 Å². The van der Waals surface area contributed by atoms with E-state index in [2.05, 4.69) is 111 Å². The van der Waals surface area contributed by atoms with Gasteiger partial charge in [-0.25, -0.2) is 0 Å². The minimum Gasteiger partial charge on any atom is -0.355 e. The highest BCUT2D eigenvalue weighted by Crippen LogP contribution is 2.00. The van der Waals surface area contributed by atoms with E-state index in [4.69, 9.17) is 0 Å². The zero-order chi connectivity index (χ0) is 33.5. The van der Waals surface area contributed by atoms with E-state index in [0.717, 1.165) is 104 Å². The van der Waals surface area contributed by atoms with Gasteiger partial charge in [0.15, 0.2) is 0 Å². The molecule has 1 aromatic heterocycles. The standard InChI is InChI=1S/C39H60N6O2/c1-2-3-4-5-6-7-8-9-10-11-12-13-14-15-16-17-18-19-20-24-38(46)42-28-34-45(31-22-30-44-32-26-40-27-33-44)35-29-43-39(47)37-23-21-25-41-36-37/h3-4,6-7,9-10,12-13,15-16,18-19,21,23,25,36,40H,2,5,8,11,14,17,20,22,24,26-35H2,1H3,(H,42,46)(H,43,47)/b4-3-,7-6-,10-9-,13-12-,16-15-,19-18-. The Morgan fingerprint density at radius 1 is 0.809 bits per heavy atom. The van der Waals surface area contributed by atoms with Crippen molar-refractivity contribution in [3.63, 3.8) is 0 Å². The van der Waals surface area contributed by atoms with Gasteiger partial charge in [0.05, 0.1) is 5.56 Å². The quantitative estimate of drug-likeness (QED) is 0.113. The zero-order valence-corrected chi connectivity index (χ0v) is 28.8. The number of allylic oxidation sites excluding steroid dienone is 12. The Bertz CT molecular complexity index is 1120. The highest BCUT2D eigenvalue weighted by molar-refractivity contribution is 5.93. The minimum atomic E-state index is -0.110. The van der Waals surface area contributed by atoms with Gasteiger partial charge in [0, 0.05) is 71.2 Å². The Morgan fingerprint density at radius 2 is 1.38 bits per heavy atom. The van der Waals surface area contributed by atoms with Crippen LogP contribution >= 0.6 is 0 Å². The number of carbonyl (C=O) groups excluding carboxylic acids is 2. The maximum absolute atomic E-state index is 12.4. The van der Waals surface area contributed by atoms with Crippen LogP contribution in [0.5, 0.6) is 0 Å². The van der Waals surface area contributed by atoms with Gasteiger partial charge in [0.2, 0.25) is 5.91 Å². The molecule has 1 aliphatic heterocycles. The maximum atomic E-state index is 12.4. The van der Waals surface area contributed by atoms with Gasteiger partial charge in [-0.05, 0) is 76.6 Å². The smallest absolute Gasteiger partial charge is 0.252 e. The van der Waals surface area contributed by atoms with Gasteiger partial charge < -0.3 is 20.9 Å². The molecule has 1 aromatic rings. The second kappa shape index (κ2) is 28.6. The van der Waals surface area contributed by atoms with E-state index in [-0.39, 0.29) is 11.8 Å². The Labute approximate surface area is 284 Å². The highest BCUT2D eigenvalue weighted by atomic mass is 16.2. The number of pyridine rings is 1. The third-order valence-corrected chi connectivity index (χ3v) is 7.68. The van der Waals surface area contributed by atoms with Crippen molar-refractivity contribution in [2.45, 2.75) is 64.7 Å². The molecule has 0 bridgehead atoms. The van der Waals surface area contributed by atoms with Crippen molar-refractivity contribution in [3.8, 4) is 0 Å². The number of hydrogen-bond donors (Lipinski definition) is 3. The van der Waals surface area contributed by atoms with Crippen LogP contribution in [0.15, 0.2) is 97.4 Å². The van der Waals surface area contributed by atoms with E-state index in [1.54, 1.807) is 24.5 Å². The summed E-state index contributed by atoms with van der Waals surface area (Å²) in [6.07, 6.45) is 37.7. The van der Waals surface area contributed by atoms with Gasteiger partial charge >= 0.3 is 0 Å². The van der Waals surface area contributed by atoms with Gasteiger partial charge in [-0.3, -0.25) is 19.5 Å². The largest absolute Gasteiger partial charge is 0.355 e. The Morgan fingerprint density at radius 3 is 1.96 bits per heavy atom. The molecule has 8 nitrogen and oxygen atoms in total. The molecule has 0 aliphatic carbocycles. The van der Waals surface area contributed by atoms with E-state index < -0.39 is 0 Å². The molecular formula is C39H60N6O2. The molecule has 1 saturated heterocycles. The Kier molecular flexibility index (Phi) is 24.1. The topological polar surface area (TPSA) is 89.6 Å². The van der Waals surface area contributed by atoms with Crippen LogP contribution < -0.4 is 16.0 Å². The van der Waals surface area contributed by atoms with Crippen LogP contribution in [-0.2, 0) is 4.79 Å². The van der Waals surface area contributed by atoms with E-state index in [9.17, 15) is 9.59 Å². The molecule has 47 heavy (non-hydrogen) atoms. The van der Waals surface area contributed by atoms with E-state index in [1.165, 1.54) is 0 Å². The minimum absolute atomic E-state index is 0.0789. The summed E-state index contributed by atoms with van der Waals surface area (Å²) in [7, 11) is 0. The lowest BCUT2D eigenvalue weighted by Gasteiger charge is -2.29. The fraction of sp³-hybridized carbons (Fsp3) is 0.513. The molecule has 8 heteroatoms. The Balaban J connectivity index is 1.55. The predicted molar refractivity (Wildman–Crippen MR) is 197 cm³/mol. The molecule has 0 atom stereocenters. The molecule has 2 heterocycles. The molecule has 3 N–H and O–H groups in total. The summed E-state index contributed by atoms with van der Waals surface area (Å²) in [6, 6.07) is 3.53. The van der Waals surface area contributed by atoms with E-state index >= 15 is 0 Å². The lowest BCUT2D eigenvalue weighted by atomic mass is 10.2. The number of amides is 2. The lowest BCUT2D eigenvalue weighted by molar-refractivity contribution is -0.121. The summed E-state index contributed by atoms with van der Waals surface area (Å²) in [6.45, 7) is 11.1. The molecule has 0 aromatic carbocycles. The number of carbonyl (C=O) groups is 2. The molecule has 0 unspecified atom stereocenters. The zero-order valence-electron chi connectivity index (χ0n) is 28.8. The van der Waals surface area contributed by atoms with Crippen molar-refractivity contribution in [3.05, 3.63) is 103 Å². The van der Waals surface area contributed by atoms with Crippen molar-refractivity contribution in [1.82, 2.24) is 30.7 Å². The molecule has 2 rings (SSSR count). The fourth-order valence-electron chi connectivity index (χ4n) is 5.01. The second-order valence-electron chi connectivity index (χ2n) is 11.6. The number of hydrogen-bond acceptors (Lipinski definition) is 6. The molecule has 0 radical (unpaired) electrons. The van der Waals surface area contributed by atoms with Gasteiger partial charge in [-0.15, -0.1) is 0 Å².